The van der Waals surface area contributed by atoms with Crippen LogP contribution < -0.4 is 5.73 Å². The molecular formula is C14H30N2. The Kier molecular flexibility index (Phi) is 4.42. The van der Waals surface area contributed by atoms with E-state index in [0.717, 1.165) is 12.5 Å². The Labute approximate surface area is 102 Å². The number of hydrogen-bond acceptors (Lipinski definition) is 2. The van der Waals surface area contributed by atoms with Crippen LogP contribution in [0.4, 0.5) is 0 Å². The average Bonchev–Trinajstić information content (AvgIpc) is 2.16. The summed E-state index contributed by atoms with van der Waals surface area (Å²) in [5, 5.41) is 0. The van der Waals surface area contributed by atoms with Crippen LogP contribution >= 0.6 is 0 Å². The molecule has 0 aromatic carbocycles. The molecule has 2 heteroatoms. The molecular weight excluding hydrogens is 196 g/mol. The molecule has 1 aliphatic rings. The Balaban J connectivity index is 2.59. The maximum atomic E-state index is 6.00. The van der Waals surface area contributed by atoms with Crippen LogP contribution in [-0.2, 0) is 0 Å². The highest BCUT2D eigenvalue weighted by atomic mass is 15.3. The topological polar surface area (TPSA) is 29.3 Å². The van der Waals surface area contributed by atoms with Gasteiger partial charge in [0.25, 0.3) is 0 Å². The molecule has 1 rings (SSSR count). The zero-order chi connectivity index (χ0) is 12.4. The molecule has 0 radical (unpaired) electrons. The van der Waals surface area contributed by atoms with E-state index in [-0.39, 0.29) is 5.54 Å². The van der Waals surface area contributed by atoms with E-state index < -0.39 is 0 Å². The van der Waals surface area contributed by atoms with E-state index in [2.05, 4.69) is 39.5 Å². The summed E-state index contributed by atoms with van der Waals surface area (Å²) in [6.45, 7) is 14.9. The molecule has 0 bridgehead atoms. The number of likely N-dealkylation sites (tertiary alicyclic amines) is 1. The van der Waals surface area contributed by atoms with Crippen molar-refractivity contribution in [3.63, 3.8) is 0 Å². The SMILES string of the molecule is CCC1(CC)CN(C(C)(CN)CC(C)C)C1. The Morgan fingerprint density at radius 1 is 1.25 bits per heavy atom. The molecule has 0 spiro atoms. The molecule has 0 aromatic rings. The summed E-state index contributed by atoms with van der Waals surface area (Å²) in [6.07, 6.45) is 3.83. The number of nitrogens with two attached hydrogens (primary N) is 1. The number of rotatable bonds is 6. The first-order valence-corrected chi connectivity index (χ1v) is 6.86. The monoisotopic (exact) mass is 226 g/mol. The van der Waals surface area contributed by atoms with Crippen LogP contribution in [0.1, 0.15) is 53.9 Å². The molecule has 1 aliphatic heterocycles. The molecule has 1 heterocycles. The lowest BCUT2D eigenvalue weighted by molar-refractivity contribution is -0.0800. The van der Waals surface area contributed by atoms with Crippen molar-refractivity contribution in [3.8, 4) is 0 Å². The van der Waals surface area contributed by atoms with Crippen molar-refractivity contribution in [1.29, 1.82) is 0 Å². The fraction of sp³-hybridized carbons (Fsp3) is 1.00. The van der Waals surface area contributed by atoms with Gasteiger partial charge in [-0.3, -0.25) is 4.90 Å². The van der Waals surface area contributed by atoms with Crippen molar-refractivity contribution in [1.82, 2.24) is 4.90 Å². The van der Waals surface area contributed by atoms with Gasteiger partial charge in [-0.25, -0.2) is 0 Å². The lowest BCUT2D eigenvalue weighted by atomic mass is 9.71. The first kappa shape index (κ1) is 14.0. The summed E-state index contributed by atoms with van der Waals surface area (Å²) >= 11 is 0. The van der Waals surface area contributed by atoms with Gasteiger partial charge in [-0.1, -0.05) is 27.7 Å². The van der Waals surface area contributed by atoms with Gasteiger partial charge in [0.05, 0.1) is 0 Å². The lowest BCUT2D eigenvalue weighted by Crippen LogP contribution is -2.66. The Hall–Kier alpha value is -0.0800. The van der Waals surface area contributed by atoms with Crippen LogP contribution in [-0.4, -0.2) is 30.1 Å². The van der Waals surface area contributed by atoms with Gasteiger partial charge in [0.2, 0.25) is 0 Å². The summed E-state index contributed by atoms with van der Waals surface area (Å²) in [6, 6.07) is 0. The predicted molar refractivity (Wildman–Crippen MR) is 71.5 cm³/mol. The first-order chi connectivity index (χ1) is 7.41. The van der Waals surface area contributed by atoms with Crippen molar-refractivity contribution in [2.24, 2.45) is 17.1 Å². The Morgan fingerprint density at radius 2 is 1.75 bits per heavy atom. The number of hydrogen-bond donors (Lipinski definition) is 1. The second-order valence-corrected chi connectivity index (χ2v) is 6.36. The van der Waals surface area contributed by atoms with Crippen LogP contribution in [0.5, 0.6) is 0 Å². The summed E-state index contributed by atoms with van der Waals surface area (Å²) in [5.41, 5.74) is 6.81. The van der Waals surface area contributed by atoms with Gasteiger partial charge in [-0.15, -0.1) is 0 Å². The van der Waals surface area contributed by atoms with Crippen LogP contribution in [0, 0.1) is 11.3 Å². The maximum absolute atomic E-state index is 6.00. The third-order valence-electron chi connectivity index (χ3n) is 4.60. The molecule has 96 valence electrons. The fourth-order valence-electron chi connectivity index (χ4n) is 3.06. The molecule has 1 saturated heterocycles. The molecule has 2 nitrogen and oxygen atoms in total. The highest BCUT2D eigenvalue weighted by Gasteiger charge is 2.46. The molecule has 0 amide bonds. The van der Waals surface area contributed by atoms with Crippen molar-refractivity contribution < 1.29 is 0 Å². The molecule has 0 saturated carbocycles. The summed E-state index contributed by atoms with van der Waals surface area (Å²) in [4.78, 5) is 2.61. The Bertz CT molecular complexity index is 213. The summed E-state index contributed by atoms with van der Waals surface area (Å²) in [5.74, 6) is 0.729. The zero-order valence-corrected chi connectivity index (χ0v) is 11.8. The molecule has 2 N–H and O–H groups in total. The summed E-state index contributed by atoms with van der Waals surface area (Å²) in [7, 11) is 0. The quantitative estimate of drug-likeness (QED) is 0.754. The molecule has 16 heavy (non-hydrogen) atoms. The van der Waals surface area contributed by atoms with Gasteiger partial charge in [0, 0.05) is 25.2 Å². The number of nitrogens with zero attached hydrogens (tertiary/aromatic N) is 1. The maximum Gasteiger partial charge on any atom is 0.0306 e. The second kappa shape index (κ2) is 5.05. The zero-order valence-electron chi connectivity index (χ0n) is 11.8. The van der Waals surface area contributed by atoms with E-state index in [0.29, 0.717) is 5.41 Å². The van der Waals surface area contributed by atoms with Crippen LogP contribution in [0.3, 0.4) is 0 Å². The highest BCUT2D eigenvalue weighted by molar-refractivity contribution is 5.01. The van der Waals surface area contributed by atoms with Crippen LogP contribution in [0.25, 0.3) is 0 Å². The van der Waals surface area contributed by atoms with Crippen molar-refractivity contribution >= 4 is 0 Å². The average molecular weight is 226 g/mol. The highest BCUT2D eigenvalue weighted by Crippen LogP contribution is 2.42. The molecule has 1 atom stereocenters. The minimum atomic E-state index is 0.224. The Morgan fingerprint density at radius 3 is 2.06 bits per heavy atom. The lowest BCUT2D eigenvalue weighted by Gasteiger charge is -2.58. The van der Waals surface area contributed by atoms with Gasteiger partial charge < -0.3 is 5.73 Å². The molecule has 0 aromatic heterocycles. The largest absolute Gasteiger partial charge is 0.329 e. The first-order valence-electron chi connectivity index (χ1n) is 6.86. The van der Waals surface area contributed by atoms with Crippen molar-refractivity contribution in [2.45, 2.75) is 59.4 Å². The van der Waals surface area contributed by atoms with Gasteiger partial charge in [-0.05, 0) is 37.5 Å². The molecule has 1 unspecified atom stereocenters. The van der Waals surface area contributed by atoms with Crippen LogP contribution in [0.15, 0.2) is 0 Å². The predicted octanol–water partition coefficient (Wildman–Crippen LogP) is 2.87. The summed E-state index contributed by atoms with van der Waals surface area (Å²) < 4.78 is 0. The van der Waals surface area contributed by atoms with Crippen molar-refractivity contribution in [2.75, 3.05) is 19.6 Å². The molecule has 0 aliphatic carbocycles. The third-order valence-corrected chi connectivity index (χ3v) is 4.60. The fourth-order valence-corrected chi connectivity index (χ4v) is 3.06. The second-order valence-electron chi connectivity index (χ2n) is 6.36. The van der Waals surface area contributed by atoms with Gasteiger partial charge in [0.1, 0.15) is 0 Å². The van der Waals surface area contributed by atoms with E-state index in [4.69, 9.17) is 5.73 Å². The van der Waals surface area contributed by atoms with Gasteiger partial charge in [-0.2, -0.15) is 0 Å². The van der Waals surface area contributed by atoms with Gasteiger partial charge in [0.15, 0.2) is 0 Å². The van der Waals surface area contributed by atoms with Gasteiger partial charge >= 0.3 is 0 Å². The van der Waals surface area contributed by atoms with Crippen LogP contribution in [0.2, 0.25) is 0 Å². The van der Waals surface area contributed by atoms with E-state index in [1.165, 1.54) is 32.4 Å². The normalized spacial score (nSPS) is 24.2. The minimum absolute atomic E-state index is 0.224. The minimum Gasteiger partial charge on any atom is -0.329 e. The standard InChI is InChI=1S/C14H30N2/c1-6-14(7-2)10-16(11-14)13(5,9-15)8-12(3)4/h12H,6-11,15H2,1-5H3. The van der Waals surface area contributed by atoms with E-state index in [1.54, 1.807) is 0 Å². The van der Waals surface area contributed by atoms with E-state index in [9.17, 15) is 0 Å². The van der Waals surface area contributed by atoms with E-state index in [1.807, 2.05) is 0 Å². The van der Waals surface area contributed by atoms with Crippen molar-refractivity contribution in [3.05, 3.63) is 0 Å². The van der Waals surface area contributed by atoms with E-state index >= 15 is 0 Å². The third kappa shape index (κ3) is 2.60. The smallest absolute Gasteiger partial charge is 0.0306 e. The molecule has 1 fully saturated rings.